The first kappa shape index (κ1) is 17.3. The van der Waals surface area contributed by atoms with E-state index in [9.17, 15) is 5.11 Å². The highest BCUT2D eigenvalue weighted by molar-refractivity contribution is 5.82. The van der Waals surface area contributed by atoms with Gasteiger partial charge in [-0.3, -0.25) is 4.90 Å². The highest BCUT2D eigenvalue weighted by Crippen LogP contribution is 2.44. The number of phenolic OH excluding ortho intramolecular Hbond substituents is 1. The number of hydrogen-bond acceptors (Lipinski definition) is 3. The molecule has 5 rings (SSSR count). The van der Waals surface area contributed by atoms with Gasteiger partial charge in [0.05, 0.1) is 6.61 Å². The summed E-state index contributed by atoms with van der Waals surface area (Å²) in [7, 11) is 0. The van der Waals surface area contributed by atoms with Crippen molar-refractivity contribution >= 4 is 10.8 Å². The second kappa shape index (κ2) is 7.33. The van der Waals surface area contributed by atoms with Gasteiger partial charge in [0.25, 0.3) is 0 Å². The predicted molar refractivity (Wildman–Crippen MR) is 113 cm³/mol. The van der Waals surface area contributed by atoms with E-state index in [1.807, 2.05) is 12.1 Å². The van der Waals surface area contributed by atoms with Gasteiger partial charge in [-0.25, -0.2) is 0 Å². The van der Waals surface area contributed by atoms with Gasteiger partial charge in [0.1, 0.15) is 11.5 Å². The third kappa shape index (κ3) is 3.27. The molecule has 0 radical (unpaired) electrons. The van der Waals surface area contributed by atoms with E-state index in [2.05, 4.69) is 53.4 Å². The van der Waals surface area contributed by atoms with Crippen molar-refractivity contribution in [2.75, 3.05) is 19.7 Å². The highest BCUT2D eigenvalue weighted by Gasteiger charge is 2.29. The van der Waals surface area contributed by atoms with Gasteiger partial charge in [-0.2, -0.15) is 0 Å². The van der Waals surface area contributed by atoms with E-state index in [0.29, 0.717) is 5.75 Å². The highest BCUT2D eigenvalue weighted by atomic mass is 16.5. The van der Waals surface area contributed by atoms with E-state index in [1.165, 1.54) is 21.9 Å². The Balaban J connectivity index is 1.32. The summed E-state index contributed by atoms with van der Waals surface area (Å²) in [6.45, 7) is 3.71. The van der Waals surface area contributed by atoms with Gasteiger partial charge in [-0.15, -0.1) is 0 Å². The zero-order chi connectivity index (χ0) is 18.9. The van der Waals surface area contributed by atoms with Crippen molar-refractivity contribution in [3.8, 4) is 11.5 Å². The summed E-state index contributed by atoms with van der Waals surface area (Å²) in [4.78, 5) is 2.50. The zero-order valence-electron chi connectivity index (χ0n) is 16.0. The molecule has 0 fully saturated rings. The average Bonchev–Trinajstić information content (AvgIpc) is 2.74. The summed E-state index contributed by atoms with van der Waals surface area (Å²) in [5.41, 5.74) is 3.79. The minimum absolute atomic E-state index is 0.285. The molecular weight excluding hydrogens is 346 g/mol. The summed E-state index contributed by atoms with van der Waals surface area (Å²) < 4.78 is 5.76. The van der Waals surface area contributed by atoms with E-state index < -0.39 is 0 Å². The molecule has 0 bridgehead atoms. The maximum Gasteiger partial charge on any atom is 0.126 e. The van der Waals surface area contributed by atoms with Crippen LogP contribution in [0.4, 0.5) is 0 Å². The molecule has 3 aromatic carbocycles. The molecule has 2 aliphatic heterocycles. The molecule has 0 amide bonds. The molecule has 2 aliphatic rings. The molecule has 28 heavy (non-hydrogen) atoms. The van der Waals surface area contributed by atoms with Crippen molar-refractivity contribution in [3.05, 3.63) is 83.4 Å². The van der Waals surface area contributed by atoms with Crippen LogP contribution in [-0.4, -0.2) is 29.7 Å². The van der Waals surface area contributed by atoms with E-state index >= 15 is 0 Å². The normalized spacial score (nSPS) is 19.7. The van der Waals surface area contributed by atoms with Crippen LogP contribution in [0.3, 0.4) is 0 Å². The molecule has 0 saturated carbocycles. The van der Waals surface area contributed by atoms with E-state index in [0.717, 1.165) is 50.4 Å². The molecule has 142 valence electrons. The minimum atomic E-state index is 0.285. The topological polar surface area (TPSA) is 32.7 Å². The van der Waals surface area contributed by atoms with Crippen LogP contribution in [-0.2, 0) is 6.54 Å². The minimum Gasteiger partial charge on any atom is -0.508 e. The number of ether oxygens (including phenoxy) is 1. The number of rotatable bonds is 3. The van der Waals surface area contributed by atoms with E-state index in [-0.39, 0.29) is 5.92 Å². The quantitative estimate of drug-likeness (QED) is 0.639. The standard InChI is InChI=1S/C25H25NO2/c27-23-6-3-7-24-25(23)22(12-15-28-24)20-10-13-26(14-11-20)17-18-8-9-19-4-1-2-5-21(19)16-18/h1-10,16,22,27H,11-15,17H2. The SMILES string of the molecule is Oc1cccc2c1C(C1=CCN(Cc3ccc4ccccc4c3)CC1)CCO2. The second-order valence-corrected chi connectivity index (χ2v) is 7.82. The van der Waals surface area contributed by atoms with Crippen molar-refractivity contribution in [1.29, 1.82) is 0 Å². The van der Waals surface area contributed by atoms with Crippen LogP contribution in [0.25, 0.3) is 10.8 Å². The Kier molecular flexibility index (Phi) is 4.53. The third-order valence-electron chi connectivity index (χ3n) is 6.05. The number of hydrogen-bond donors (Lipinski definition) is 1. The van der Waals surface area contributed by atoms with E-state index in [1.54, 1.807) is 6.07 Å². The van der Waals surface area contributed by atoms with Gasteiger partial charge in [0.15, 0.2) is 0 Å². The molecule has 1 atom stereocenters. The lowest BCUT2D eigenvalue weighted by Gasteiger charge is -2.33. The lowest BCUT2D eigenvalue weighted by atomic mass is 9.83. The summed E-state index contributed by atoms with van der Waals surface area (Å²) in [6.07, 6.45) is 4.36. The Morgan fingerprint density at radius 3 is 2.75 bits per heavy atom. The fourth-order valence-electron chi connectivity index (χ4n) is 4.59. The lowest BCUT2D eigenvalue weighted by molar-refractivity contribution is 0.255. The van der Waals surface area contributed by atoms with Crippen molar-refractivity contribution in [3.63, 3.8) is 0 Å². The summed E-state index contributed by atoms with van der Waals surface area (Å²) in [5, 5.41) is 13.0. The molecule has 1 N–H and O–H groups in total. The Bertz CT molecular complexity index is 1040. The fraction of sp³-hybridized carbons (Fsp3) is 0.280. The molecule has 3 heteroatoms. The Morgan fingerprint density at radius 1 is 1.00 bits per heavy atom. The van der Waals surface area contributed by atoms with Crippen LogP contribution in [0.15, 0.2) is 72.3 Å². The first-order chi connectivity index (χ1) is 13.8. The molecule has 2 heterocycles. The number of benzene rings is 3. The smallest absolute Gasteiger partial charge is 0.126 e. The van der Waals surface area contributed by atoms with Gasteiger partial charge < -0.3 is 9.84 Å². The molecule has 0 saturated heterocycles. The first-order valence-corrected chi connectivity index (χ1v) is 10.1. The van der Waals surface area contributed by atoms with Gasteiger partial charge in [-0.1, -0.05) is 54.1 Å². The molecule has 3 nitrogen and oxygen atoms in total. The molecule has 0 aliphatic carbocycles. The van der Waals surface area contributed by atoms with Crippen molar-refractivity contribution in [1.82, 2.24) is 4.90 Å². The zero-order valence-corrected chi connectivity index (χ0v) is 16.0. The van der Waals surface area contributed by atoms with E-state index in [4.69, 9.17) is 4.74 Å². The van der Waals surface area contributed by atoms with Crippen LogP contribution in [0, 0.1) is 0 Å². The monoisotopic (exact) mass is 371 g/mol. The first-order valence-electron chi connectivity index (χ1n) is 10.1. The van der Waals surface area contributed by atoms with Gasteiger partial charge in [-0.05, 0) is 47.4 Å². The van der Waals surface area contributed by atoms with Crippen LogP contribution >= 0.6 is 0 Å². The Labute approximate surface area is 165 Å². The van der Waals surface area contributed by atoms with Crippen LogP contribution in [0.1, 0.15) is 29.9 Å². The van der Waals surface area contributed by atoms with Crippen LogP contribution in [0.2, 0.25) is 0 Å². The average molecular weight is 371 g/mol. The summed E-state index contributed by atoms with van der Waals surface area (Å²) in [5.74, 6) is 1.49. The molecule has 0 spiro atoms. The summed E-state index contributed by atoms with van der Waals surface area (Å²) in [6, 6.07) is 20.9. The number of nitrogens with zero attached hydrogens (tertiary/aromatic N) is 1. The van der Waals surface area contributed by atoms with Crippen LogP contribution in [0.5, 0.6) is 11.5 Å². The fourth-order valence-corrected chi connectivity index (χ4v) is 4.59. The van der Waals surface area contributed by atoms with Crippen molar-refractivity contribution < 1.29 is 9.84 Å². The number of aromatic hydroxyl groups is 1. The second-order valence-electron chi connectivity index (χ2n) is 7.82. The van der Waals surface area contributed by atoms with Gasteiger partial charge in [0, 0.05) is 31.1 Å². The predicted octanol–water partition coefficient (Wildman–Crippen LogP) is 5.24. The molecule has 1 unspecified atom stereocenters. The van der Waals surface area contributed by atoms with Gasteiger partial charge >= 0.3 is 0 Å². The van der Waals surface area contributed by atoms with Crippen LogP contribution < -0.4 is 4.74 Å². The number of phenols is 1. The Hall–Kier alpha value is -2.78. The lowest BCUT2D eigenvalue weighted by Crippen LogP contribution is -2.30. The molecular formula is C25H25NO2. The largest absolute Gasteiger partial charge is 0.508 e. The number of fused-ring (bicyclic) bond motifs is 2. The van der Waals surface area contributed by atoms with Crippen molar-refractivity contribution in [2.24, 2.45) is 0 Å². The third-order valence-corrected chi connectivity index (χ3v) is 6.05. The maximum absolute atomic E-state index is 10.4. The molecule has 0 aromatic heterocycles. The molecule has 3 aromatic rings. The Morgan fingerprint density at radius 2 is 1.89 bits per heavy atom. The summed E-state index contributed by atoms with van der Waals surface area (Å²) >= 11 is 0. The van der Waals surface area contributed by atoms with Crippen molar-refractivity contribution in [2.45, 2.75) is 25.3 Å². The van der Waals surface area contributed by atoms with Gasteiger partial charge in [0.2, 0.25) is 0 Å². The maximum atomic E-state index is 10.4.